The van der Waals surface area contributed by atoms with Crippen LogP contribution in [0.1, 0.15) is 57.8 Å². The van der Waals surface area contributed by atoms with Crippen LogP contribution in [0.4, 0.5) is 4.79 Å². The molecule has 1 saturated heterocycles. The number of hydroxylamine groups is 2. The number of imide groups is 1. The molecule has 4 amide bonds. The maximum atomic E-state index is 11.8. The molecule has 11 nitrogen and oxygen atoms in total. The summed E-state index contributed by atoms with van der Waals surface area (Å²) in [6.07, 6.45) is 3.91. The van der Waals surface area contributed by atoms with Gasteiger partial charge in [0, 0.05) is 51.6 Å². The van der Waals surface area contributed by atoms with E-state index in [1.807, 2.05) is 0 Å². The number of carbonyl (C=O) groups excluding carboxylic acids is 5. The molecule has 3 rings (SSSR count). The molecule has 0 aromatic heterocycles. The molecule has 2 fully saturated rings. The van der Waals surface area contributed by atoms with Crippen molar-refractivity contribution in [2.75, 3.05) is 32.9 Å². The fourth-order valence-electron chi connectivity index (χ4n) is 4.38. The quantitative estimate of drug-likeness (QED) is 0.221. The number of hydrogen-bond donors (Lipinski definition) is 2. The van der Waals surface area contributed by atoms with Crippen molar-refractivity contribution >= 4 is 29.8 Å². The Morgan fingerprint density at radius 2 is 1.54 bits per heavy atom. The molecule has 0 bridgehead atoms. The number of alkyl carbamates (subject to hydrolysis) is 1. The topological polar surface area (TPSA) is 140 Å². The first-order chi connectivity index (χ1) is 17.0. The smallest absolute Gasteiger partial charge is 0.407 e. The summed E-state index contributed by atoms with van der Waals surface area (Å²) in [7, 11) is 0. The zero-order valence-corrected chi connectivity index (χ0v) is 19.8. The fraction of sp³-hybridized carbons (Fsp3) is 0.708. The molecule has 0 radical (unpaired) electrons. The SMILES string of the molecule is O=C(CCCC(=O)ON1C(=O)CCC1=O)NCCOCCNC(=O)OCC1C2CCC#CCCC21. The van der Waals surface area contributed by atoms with E-state index in [1.54, 1.807) is 0 Å². The highest BCUT2D eigenvalue weighted by atomic mass is 16.7. The van der Waals surface area contributed by atoms with E-state index < -0.39 is 23.9 Å². The van der Waals surface area contributed by atoms with Gasteiger partial charge in [0.25, 0.3) is 11.8 Å². The molecule has 2 unspecified atom stereocenters. The molecule has 2 atom stereocenters. The summed E-state index contributed by atoms with van der Waals surface area (Å²) in [6.45, 7) is 1.61. The van der Waals surface area contributed by atoms with Gasteiger partial charge < -0.3 is 24.9 Å². The normalized spacial score (nSPS) is 22.7. The number of fused-ring (bicyclic) bond motifs is 1. The maximum Gasteiger partial charge on any atom is 0.407 e. The molecule has 0 aromatic carbocycles. The Morgan fingerprint density at radius 1 is 0.914 bits per heavy atom. The lowest BCUT2D eigenvalue weighted by Gasteiger charge is -2.12. The van der Waals surface area contributed by atoms with Crippen molar-refractivity contribution in [1.82, 2.24) is 15.7 Å². The van der Waals surface area contributed by atoms with Crippen LogP contribution in [0.25, 0.3) is 0 Å². The lowest BCUT2D eigenvalue weighted by atomic mass is 10.1. The fourth-order valence-corrected chi connectivity index (χ4v) is 4.38. The Balaban J connectivity index is 1.11. The average molecular weight is 492 g/mol. The van der Waals surface area contributed by atoms with E-state index >= 15 is 0 Å². The van der Waals surface area contributed by atoms with Crippen LogP contribution in [0.2, 0.25) is 0 Å². The first-order valence-corrected chi connectivity index (χ1v) is 12.2. The Labute approximate surface area is 204 Å². The van der Waals surface area contributed by atoms with Gasteiger partial charge in [-0.25, -0.2) is 9.59 Å². The Kier molecular flexibility index (Phi) is 10.3. The summed E-state index contributed by atoms with van der Waals surface area (Å²) in [4.78, 5) is 62.8. The monoisotopic (exact) mass is 491 g/mol. The Bertz CT molecular complexity index is 831. The van der Waals surface area contributed by atoms with Gasteiger partial charge >= 0.3 is 12.1 Å². The van der Waals surface area contributed by atoms with Gasteiger partial charge in [0.2, 0.25) is 5.91 Å². The second-order valence-electron chi connectivity index (χ2n) is 8.81. The maximum absolute atomic E-state index is 11.8. The highest BCUT2D eigenvalue weighted by Gasteiger charge is 2.49. The van der Waals surface area contributed by atoms with Gasteiger partial charge in [0.15, 0.2) is 0 Å². The van der Waals surface area contributed by atoms with Crippen molar-refractivity contribution in [1.29, 1.82) is 0 Å². The van der Waals surface area contributed by atoms with E-state index in [2.05, 4.69) is 22.5 Å². The highest BCUT2D eigenvalue weighted by Crippen LogP contribution is 2.52. The van der Waals surface area contributed by atoms with Gasteiger partial charge in [-0.15, -0.1) is 16.9 Å². The van der Waals surface area contributed by atoms with Crippen LogP contribution < -0.4 is 10.6 Å². The van der Waals surface area contributed by atoms with Crippen LogP contribution in [-0.2, 0) is 33.5 Å². The molecule has 1 saturated carbocycles. The van der Waals surface area contributed by atoms with Crippen LogP contribution in [0, 0.1) is 29.6 Å². The minimum absolute atomic E-state index is 0.0361. The molecule has 2 aliphatic carbocycles. The zero-order chi connectivity index (χ0) is 25.0. The van der Waals surface area contributed by atoms with E-state index in [9.17, 15) is 24.0 Å². The number of rotatable bonds is 13. The van der Waals surface area contributed by atoms with Crippen LogP contribution in [0.3, 0.4) is 0 Å². The number of carbonyl (C=O) groups is 5. The lowest BCUT2D eigenvalue weighted by Crippen LogP contribution is -2.32. The van der Waals surface area contributed by atoms with E-state index in [1.165, 1.54) is 0 Å². The van der Waals surface area contributed by atoms with Crippen LogP contribution >= 0.6 is 0 Å². The number of nitrogens with one attached hydrogen (secondary N) is 2. The van der Waals surface area contributed by atoms with E-state index in [0.717, 1.165) is 25.7 Å². The van der Waals surface area contributed by atoms with Gasteiger partial charge in [-0.3, -0.25) is 14.4 Å². The Hall–Kier alpha value is -3.13. The van der Waals surface area contributed by atoms with Gasteiger partial charge in [-0.1, -0.05) is 0 Å². The van der Waals surface area contributed by atoms with Crippen molar-refractivity contribution in [3.05, 3.63) is 0 Å². The summed E-state index contributed by atoms with van der Waals surface area (Å²) in [5.41, 5.74) is 0. The molecular formula is C24H33N3O8. The van der Waals surface area contributed by atoms with Crippen molar-refractivity contribution in [2.24, 2.45) is 17.8 Å². The van der Waals surface area contributed by atoms with Crippen molar-refractivity contribution in [3.63, 3.8) is 0 Å². The molecule has 192 valence electrons. The number of nitrogens with zero attached hydrogens (tertiary/aromatic N) is 1. The van der Waals surface area contributed by atoms with Crippen LogP contribution in [-0.4, -0.2) is 67.8 Å². The van der Waals surface area contributed by atoms with Gasteiger partial charge in [0.05, 0.1) is 19.8 Å². The average Bonchev–Trinajstić information content (AvgIpc) is 3.36. The standard InChI is InChI=1S/C24H33N3O8/c28-20(8-5-9-23(31)35-27-21(29)10-11-22(27)30)25-12-14-33-15-13-26-24(32)34-16-19-17-6-3-1-2-4-7-18(17)19/h17-19H,3-16H2,(H,25,28)(H,26,32). The molecule has 35 heavy (non-hydrogen) atoms. The number of amides is 4. The summed E-state index contributed by atoms with van der Waals surface area (Å²) in [6, 6.07) is 0. The third-order valence-corrected chi connectivity index (χ3v) is 6.31. The first kappa shape index (κ1) is 26.5. The van der Waals surface area contributed by atoms with E-state index in [4.69, 9.17) is 14.3 Å². The van der Waals surface area contributed by atoms with Crippen LogP contribution in [0.5, 0.6) is 0 Å². The molecule has 0 aromatic rings. The highest BCUT2D eigenvalue weighted by molar-refractivity contribution is 6.01. The van der Waals surface area contributed by atoms with E-state index in [0.29, 0.717) is 42.5 Å². The van der Waals surface area contributed by atoms with Gasteiger partial charge in [0.1, 0.15) is 0 Å². The minimum Gasteiger partial charge on any atom is -0.449 e. The largest absolute Gasteiger partial charge is 0.449 e. The third kappa shape index (κ3) is 8.87. The molecule has 2 N–H and O–H groups in total. The summed E-state index contributed by atoms with van der Waals surface area (Å²) < 4.78 is 10.7. The second kappa shape index (κ2) is 13.7. The van der Waals surface area contributed by atoms with Gasteiger partial charge in [-0.2, -0.15) is 0 Å². The number of hydrogen-bond acceptors (Lipinski definition) is 8. The molecule has 1 aliphatic heterocycles. The molecule has 1 heterocycles. The number of ether oxygens (including phenoxy) is 2. The summed E-state index contributed by atoms with van der Waals surface area (Å²) >= 11 is 0. The minimum atomic E-state index is -0.730. The summed E-state index contributed by atoms with van der Waals surface area (Å²) in [5.74, 6) is 6.00. The summed E-state index contributed by atoms with van der Waals surface area (Å²) in [5, 5.41) is 5.81. The molecular weight excluding hydrogens is 458 g/mol. The molecule has 0 spiro atoms. The predicted octanol–water partition coefficient (Wildman–Crippen LogP) is 1.06. The van der Waals surface area contributed by atoms with Gasteiger partial charge in [-0.05, 0) is 37.0 Å². The lowest BCUT2D eigenvalue weighted by molar-refractivity contribution is -0.197. The molecule has 3 aliphatic rings. The first-order valence-electron chi connectivity index (χ1n) is 12.2. The third-order valence-electron chi connectivity index (χ3n) is 6.31. The van der Waals surface area contributed by atoms with E-state index in [-0.39, 0.29) is 51.2 Å². The van der Waals surface area contributed by atoms with Crippen molar-refractivity contribution < 1.29 is 38.3 Å². The van der Waals surface area contributed by atoms with Crippen LogP contribution in [0.15, 0.2) is 0 Å². The van der Waals surface area contributed by atoms with Crippen molar-refractivity contribution in [2.45, 2.75) is 57.8 Å². The Morgan fingerprint density at radius 3 is 2.20 bits per heavy atom. The second-order valence-corrected chi connectivity index (χ2v) is 8.81. The predicted molar refractivity (Wildman–Crippen MR) is 121 cm³/mol. The molecule has 11 heteroatoms. The van der Waals surface area contributed by atoms with Crippen molar-refractivity contribution in [3.8, 4) is 11.8 Å². The zero-order valence-electron chi connectivity index (χ0n) is 19.8.